The van der Waals surface area contributed by atoms with E-state index in [1.165, 1.54) is 14.2 Å². The van der Waals surface area contributed by atoms with E-state index in [4.69, 9.17) is 18.9 Å². The topological polar surface area (TPSA) is 71.1 Å². The predicted octanol–water partition coefficient (Wildman–Crippen LogP) is 3.17. The van der Waals surface area contributed by atoms with Crippen LogP contribution in [0.15, 0.2) is 48.5 Å². The van der Waals surface area contributed by atoms with E-state index in [9.17, 15) is 9.59 Å². The van der Waals surface area contributed by atoms with Crippen molar-refractivity contribution in [1.29, 1.82) is 0 Å². The lowest BCUT2D eigenvalue weighted by Crippen LogP contribution is -2.52. The number of carbonyl (C=O) groups is 2. The molecule has 2 aromatic rings. The van der Waals surface area contributed by atoms with Gasteiger partial charge in [-0.1, -0.05) is 59.7 Å². The smallest absolute Gasteiger partial charge is 0.353 e. The predicted molar refractivity (Wildman–Crippen MR) is 96.8 cm³/mol. The van der Waals surface area contributed by atoms with E-state index in [1.54, 1.807) is 12.1 Å². The largest absolute Gasteiger partial charge is 0.466 e. The molecule has 6 heteroatoms. The maximum Gasteiger partial charge on any atom is 0.353 e. The van der Waals surface area contributed by atoms with Crippen LogP contribution in [0, 0.1) is 13.8 Å². The molecule has 0 bridgehead atoms. The quantitative estimate of drug-likeness (QED) is 0.608. The lowest BCUT2D eigenvalue weighted by molar-refractivity contribution is -0.188. The zero-order valence-electron chi connectivity index (χ0n) is 15.7. The zero-order valence-corrected chi connectivity index (χ0v) is 15.7. The van der Waals surface area contributed by atoms with Crippen LogP contribution in [0.4, 0.5) is 0 Å². The molecular formula is C21H22O6. The van der Waals surface area contributed by atoms with E-state index in [0.29, 0.717) is 11.1 Å². The van der Waals surface area contributed by atoms with Gasteiger partial charge < -0.3 is 18.9 Å². The Kier molecular flexibility index (Phi) is 5.30. The summed E-state index contributed by atoms with van der Waals surface area (Å²) in [5, 5.41) is 0. The highest BCUT2D eigenvalue weighted by Crippen LogP contribution is 2.48. The highest BCUT2D eigenvalue weighted by molar-refractivity contribution is 6.05. The molecule has 1 aliphatic rings. The van der Waals surface area contributed by atoms with Crippen molar-refractivity contribution in [1.82, 2.24) is 0 Å². The fourth-order valence-electron chi connectivity index (χ4n) is 3.10. The molecule has 0 unspecified atom stereocenters. The Morgan fingerprint density at radius 3 is 1.70 bits per heavy atom. The van der Waals surface area contributed by atoms with Gasteiger partial charge in [0.15, 0.2) is 6.29 Å². The van der Waals surface area contributed by atoms with Gasteiger partial charge in [-0.05, 0) is 19.4 Å². The second-order valence-corrected chi connectivity index (χ2v) is 6.51. The van der Waals surface area contributed by atoms with Gasteiger partial charge in [0.2, 0.25) is 0 Å². The Morgan fingerprint density at radius 2 is 1.26 bits per heavy atom. The van der Waals surface area contributed by atoms with Crippen LogP contribution < -0.4 is 0 Å². The van der Waals surface area contributed by atoms with Crippen LogP contribution in [0.25, 0.3) is 0 Å². The molecule has 1 aliphatic heterocycles. The third kappa shape index (κ3) is 3.34. The van der Waals surface area contributed by atoms with Crippen molar-refractivity contribution in [2.45, 2.75) is 31.8 Å². The molecular weight excluding hydrogens is 348 g/mol. The average Bonchev–Trinajstić information content (AvgIpc) is 3.09. The van der Waals surface area contributed by atoms with Crippen LogP contribution in [0.2, 0.25) is 0 Å². The summed E-state index contributed by atoms with van der Waals surface area (Å²) in [5.41, 5.74) is 1.36. The lowest BCUT2D eigenvalue weighted by atomic mass is 9.90. The van der Waals surface area contributed by atoms with Gasteiger partial charge in [-0.2, -0.15) is 0 Å². The second-order valence-electron chi connectivity index (χ2n) is 6.51. The van der Waals surface area contributed by atoms with Gasteiger partial charge in [-0.25, -0.2) is 9.59 Å². The molecule has 2 aromatic carbocycles. The number of aryl methyl sites for hydroxylation is 2. The van der Waals surface area contributed by atoms with Crippen LogP contribution in [0.3, 0.4) is 0 Å². The Morgan fingerprint density at radius 1 is 0.815 bits per heavy atom. The number of hydrogen-bond donors (Lipinski definition) is 0. The third-order valence-corrected chi connectivity index (χ3v) is 4.63. The normalized spacial score (nSPS) is 20.9. The number of carbonyl (C=O) groups excluding carboxylic acids is 2. The highest BCUT2D eigenvalue weighted by atomic mass is 16.8. The lowest BCUT2D eigenvalue weighted by Gasteiger charge is -2.27. The van der Waals surface area contributed by atoms with E-state index in [1.807, 2.05) is 50.2 Å². The molecule has 0 saturated carbocycles. The Labute approximate surface area is 158 Å². The fourth-order valence-corrected chi connectivity index (χ4v) is 3.10. The van der Waals surface area contributed by atoms with Crippen molar-refractivity contribution in [3.63, 3.8) is 0 Å². The Hall–Kier alpha value is -2.70. The molecule has 6 nitrogen and oxygen atoms in total. The minimum Gasteiger partial charge on any atom is -0.466 e. The first-order valence-electron chi connectivity index (χ1n) is 8.55. The van der Waals surface area contributed by atoms with Crippen LogP contribution in [-0.4, -0.2) is 31.8 Å². The molecule has 1 fully saturated rings. The SMILES string of the molecule is COC(=O)C1(C(=O)OC)O[C@H](c2ccc(C)cc2)O[C@@H]1c1ccc(C)cc1. The molecule has 0 aliphatic carbocycles. The molecule has 0 radical (unpaired) electrons. The first kappa shape index (κ1) is 19.1. The van der Waals surface area contributed by atoms with Gasteiger partial charge in [0.25, 0.3) is 5.60 Å². The van der Waals surface area contributed by atoms with E-state index in [-0.39, 0.29) is 0 Å². The molecule has 0 spiro atoms. The van der Waals surface area contributed by atoms with Gasteiger partial charge in [0.1, 0.15) is 6.10 Å². The molecule has 0 N–H and O–H groups in total. The van der Waals surface area contributed by atoms with Crippen LogP contribution in [0.5, 0.6) is 0 Å². The number of hydrogen-bond acceptors (Lipinski definition) is 6. The number of methoxy groups -OCH3 is 2. The van der Waals surface area contributed by atoms with E-state index >= 15 is 0 Å². The summed E-state index contributed by atoms with van der Waals surface area (Å²) >= 11 is 0. The summed E-state index contributed by atoms with van der Waals surface area (Å²) in [6, 6.07) is 14.8. The van der Waals surface area contributed by atoms with Gasteiger partial charge in [0, 0.05) is 5.56 Å². The van der Waals surface area contributed by atoms with Crippen LogP contribution in [0.1, 0.15) is 34.6 Å². The Bertz CT molecular complexity index is 809. The molecule has 2 atom stereocenters. The van der Waals surface area contributed by atoms with Crippen molar-refractivity contribution >= 4 is 11.9 Å². The van der Waals surface area contributed by atoms with Crippen molar-refractivity contribution in [3.05, 3.63) is 70.8 Å². The van der Waals surface area contributed by atoms with Crippen LogP contribution >= 0.6 is 0 Å². The number of rotatable bonds is 4. The summed E-state index contributed by atoms with van der Waals surface area (Å²) in [4.78, 5) is 25.4. The zero-order chi connectivity index (χ0) is 19.6. The number of esters is 2. The van der Waals surface area contributed by atoms with Crippen molar-refractivity contribution < 1.29 is 28.5 Å². The molecule has 3 rings (SSSR count). The summed E-state index contributed by atoms with van der Waals surface area (Å²) < 4.78 is 21.7. The minimum absolute atomic E-state index is 0.617. The molecule has 27 heavy (non-hydrogen) atoms. The first-order chi connectivity index (χ1) is 12.9. The maximum absolute atomic E-state index is 12.7. The van der Waals surface area contributed by atoms with E-state index < -0.39 is 29.9 Å². The monoisotopic (exact) mass is 370 g/mol. The van der Waals surface area contributed by atoms with E-state index in [0.717, 1.165) is 11.1 Å². The van der Waals surface area contributed by atoms with E-state index in [2.05, 4.69) is 0 Å². The van der Waals surface area contributed by atoms with Gasteiger partial charge >= 0.3 is 11.9 Å². The van der Waals surface area contributed by atoms with Crippen molar-refractivity contribution in [3.8, 4) is 0 Å². The summed E-state index contributed by atoms with van der Waals surface area (Å²) in [6.45, 7) is 3.90. The first-order valence-corrected chi connectivity index (χ1v) is 8.55. The molecule has 1 heterocycles. The van der Waals surface area contributed by atoms with Gasteiger partial charge in [-0.15, -0.1) is 0 Å². The fraction of sp³-hybridized carbons (Fsp3) is 0.333. The van der Waals surface area contributed by atoms with Crippen LogP contribution in [-0.2, 0) is 28.5 Å². The Balaban J connectivity index is 2.10. The summed E-state index contributed by atoms with van der Waals surface area (Å²) in [5.74, 6) is -1.73. The maximum atomic E-state index is 12.7. The highest BCUT2D eigenvalue weighted by Gasteiger charge is 2.64. The van der Waals surface area contributed by atoms with Gasteiger partial charge in [-0.3, -0.25) is 0 Å². The minimum atomic E-state index is -2.05. The molecule has 0 amide bonds. The molecule has 0 aromatic heterocycles. The molecule has 142 valence electrons. The van der Waals surface area contributed by atoms with Gasteiger partial charge in [0.05, 0.1) is 14.2 Å². The second kappa shape index (κ2) is 7.50. The average molecular weight is 370 g/mol. The third-order valence-electron chi connectivity index (χ3n) is 4.63. The standard InChI is InChI=1S/C21H22O6/c1-13-5-9-15(10-6-13)17-21(19(22)24-3,20(23)25-4)27-18(26-17)16-11-7-14(2)8-12-16/h5-12,17-18H,1-4H3/t17-,18-/m1/s1. The van der Waals surface area contributed by atoms with Crippen molar-refractivity contribution in [2.24, 2.45) is 0 Å². The molecule has 1 saturated heterocycles. The number of ether oxygens (including phenoxy) is 4. The summed E-state index contributed by atoms with van der Waals surface area (Å²) in [7, 11) is 2.39. The van der Waals surface area contributed by atoms with Crippen molar-refractivity contribution in [2.75, 3.05) is 14.2 Å². The number of benzene rings is 2. The summed E-state index contributed by atoms with van der Waals surface area (Å²) in [6.07, 6.45) is -1.93.